The third-order valence-electron chi connectivity index (χ3n) is 4.64. The van der Waals surface area contributed by atoms with Gasteiger partial charge in [0.15, 0.2) is 5.76 Å². The summed E-state index contributed by atoms with van der Waals surface area (Å²) in [7, 11) is 0. The van der Waals surface area contributed by atoms with Crippen LogP contribution in [0.4, 0.5) is 0 Å². The molecule has 5 nitrogen and oxygen atoms in total. The van der Waals surface area contributed by atoms with Crippen LogP contribution < -0.4 is 10.2 Å². The summed E-state index contributed by atoms with van der Waals surface area (Å²) in [4.78, 5) is 25.4. The molecule has 3 aromatic rings. The molecule has 0 amide bonds. The number of carbonyl (C=O) groups excluding carboxylic acids is 1. The minimum Gasteiger partial charge on any atom is -0.461 e. The Kier molecular flexibility index (Phi) is 4.14. The molecule has 1 aromatic carbocycles. The lowest BCUT2D eigenvalue weighted by atomic mass is 9.89. The smallest absolute Gasteiger partial charge is 0.314 e. The van der Waals surface area contributed by atoms with E-state index < -0.39 is 0 Å². The van der Waals surface area contributed by atoms with Crippen molar-refractivity contribution in [2.24, 2.45) is 5.92 Å². The molecular formula is C20H18O5. The van der Waals surface area contributed by atoms with Gasteiger partial charge in [-0.15, -0.1) is 0 Å². The highest BCUT2D eigenvalue weighted by molar-refractivity contribution is 5.84. The van der Waals surface area contributed by atoms with Gasteiger partial charge in [0, 0.05) is 0 Å². The summed E-state index contributed by atoms with van der Waals surface area (Å²) in [6.45, 7) is 0. The van der Waals surface area contributed by atoms with Crippen molar-refractivity contribution in [3.63, 3.8) is 0 Å². The van der Waals surface area contributed by atoms with E-state index in [4.69, 9.17) is 13.6 Å². The fourth-order valence-corrected chi connectivity index (χ4v) is 3.31. The number of hydrogen-bond acceptors (Lipinski definition) is 5. The second-order valence-corrected chi connectivity index (χ2v) is 6.32. The Hall–Kier alpha value is -2.82. The van der Waals surface area contributed by atoms with E-state index in [9.17, 15) is 9.59 Å². The molecule has 2 aromatic heterocycles. The average molecular weight is 338 g/mol. The van der Waals surface area contributed by atoms with Crippen LogP contribution in [0.5, 0.6) is 5.75 Å². The number of carbonyl (C=O) groups is 1. The van der Waals surface area contributed by atoms with E-state index in [1.54, 1.807) is 36.4 Å². The van der Waals surface area contributed by atoms with Crippen molar-refractivity contribution in [2.75, 3.05) is 0 Å². The van der Waals surface area contributed by atoms with Gasteiger partial charge in [-0.1, -0.05) is 31.4 Å². The van der Waals surface area contributed by atoms with Gasteiger partial charge in [0.25, 0.3) is 0 Å². The quantitative estimate of drug-likeness (QED) is 0.656. The third-order valence-corrected chi connectivity index (χ3v) is 4.64. The summed E-state index contributed by atoms with van der Waals surface area (Å²) in [6, 6.07) is 10.3. The van der Waals surface area contributed by atoms with E-state index in [0.29, 0.717) is 16.7 Å². The maximum absolute atomic E-state index is 12.9. The van der Waals surface area contributed by atoms with Crippen LogP contribution in [0.2, 0.25) is 0 Å². The molecule has 2 heterocycles. The highest BCUT2D eigenvalue weighted by atomic mass is 16.5. The first-order chi connectivity index (χ1) is 12.2. The minimum absolute atomic E-state index is 0.0933. The summed E-state index contributed by atoms with van der Waals surface area (Å²) in [5.74, 6) is -0.115. The normalized spacial score (nSPS) is 15.4. The lowest BCUT2D eigenvalue weighted by molar-refractivity contribution is -0.140. The molecule has 1 fully saturated rings. The number of para-hydroxylation sites is 1. The molecular weight excluding hydrogens is 320 g/mol. The third kappa shape index (κ3) is 2.97. The van der Waals surface area contributed by atoms with Crippen LogP contribution in [0.15, 0.2) is 56.3 Å². The lowest BCUT2D eigenvalue weighted by Gasteiger charge is -2.20. The summed E-state index contributed by atoms with van der Waals surface area (Å²) in [5.41, 5.74) is 0.0637. The number of fused-ring (bicyclic) bond motifs is 1. The zero-order valence-electron chi connectivity index (χ0n) is 13.7. The first-order valence-electron chi connectivity index (χ1n) is 8.55. The highest BCUT2D eigenvalue weighted by Gasteiger charge is 2.27. The summed E-state index contributed by atoms with van der Waals surface area (Å²) in [6.07, 6.45) is 6.24. The van der Waals surface area contributed by atoms with Gasteiger partial charge in [-0.25, -0.2) is 0 Å². The molecule has 0 bridgehead atoms. The number of rotatable bonds is 3. The largest absolute Gasteiger partial charge is 0.461 e. The standard InChI is InChI=1S/C20H18O5/c21-17-14-9-4-5-10-15(14)24-18(16-11-6-12-23-16)19(17)25-20(22)13-7-2-1-3-8-13/h4-6,9-13H,1-3,7-8H2. The molecule has 5 heteroatoms. The number of hydrogen-bond donors (Lipinski definition) is 0. The molecule has 0 atom stereocenters. The van der Waals surface area contributed by atoms with Gasteiger partial charge >= 0.3 is 5.97 Å². The summed E-state index contributed by atoms with van der Waals surface area (Å²) >= 11 is 0. The Morgan fingerprint density at radius 1 is 1.04 bits per heavy atom. The molecule has 1 aliphatic carbocycles. The van der Waals surface area contributed by atoms with Gasteiger partial charge < -0.3 is 13.6 Å². The first kappa shape index (κ1) is 15.7. The fourth-order valence-electron chi connectivity index (χ4n) is 3.31. The molecule has 0 radical (unpaired) electrons. The van der Waals surface area contributed by atoms with Crippen LogP contribution in [0.25, 0.3) is 22.5 Å². The zero-order valence-corrected chi connectivity index (χ0v) is 13.7. The van der Waals surface area contributed by atoms with Gasteiger partial charge in [0.05, 0.1) is 17.6 Å². The topological polar surface area (TPSA) is 69.7 Å². The Morgan fingerprint density at radius 3 is 2.60 bits per heavy atom. The van der Waals surface area contributed by atoms with Crippen molar-refractivity contribution in [3.8, 4) is 17.3 Å². The van der Waals surface area contributed by atoms with Gasteiger partial charge in [-0.05, 0) is 37.1 Å². The Morgan fingerprint density at radius 2 is 1.84 bits per heavy atom. The first-order valence-corrected chi connectivity index (χ1v) is 8.55. The second-order valence-electron chi connectivity index (χ2n) is 6.32. The second kappa shape index (κ2) is 6.59. The van der Waals surface area contributed by atoms with Crippen molar-refractivity contribution in [3.05, 3.63) is 52.9 Å². The zero-order chi connectivity index (χ0) is 17.2. The molecule has 0 N–H and O–H groups in total. The monoisotopic (exact) mass is 338 g/mol. The van der Waals surface area contributed by atoms with Crippen molar-refractivity contribution in [1.29, 1.82) is 0 Å². The number of furan rings is 1. The van der Waals surface area contributed by atoms with Gasteiger partial charge in [0.2, 0.25) is 16.9 Å². The molecule has 1 saturated carbocycles. The molecule has 0 spiro atoms. The minimum atomic E-state index is -0.366. The molecule has 1 aliphatic rings. The Bertz CT molecular complexity index is 946. The highest BCUT2D eigenvalue weighted by Crippen LogP contribution is 2.32. The van der Waals surface area contributed by atoms with E-state index in [0.717, 1.165) is 32.1 Å². The van der Waals surface area contributed by atoms with E-state index in [1.165, 1.54) is 6.26 Å². The maximum Gasteiger partial charge on any atom is 0.314 e. The van der Waals surface area contributed by atoms with Gasteiger partial charge in [-0.2, -0.15) is 0 Å². The van der Waals surface area contributed by atoms with Crippen molar-refractivity contribution < 1.29 is 18.4 Å². The average Bonchev–Trinajstić information content (AvgIpc) is 3.19. The molecule has 0 saturated heterocycles. The summed E-state index contributed by atoms with van der Waals surface area (Å²) in [5, 5.41) is 0.379. The molecule has 0 unspecified atom stereocenters. The Labute approximate surface area is 144 Å². The number of benzene rings is 1. The van der Waals surface area contributed by atoms with Crippen LogP contribution in [-0.2, 0) is 4.79 Å². The SMILES string of the molecule is O=C(Oc1c(-c2ccco2)oc2ccccc2c1=O)C1CCCCC1. The predicted molar refractivity (Wildman–Crippen MR) is 92.4 cm³/mol. The van der Waals surface area contributed by atoms with Gasteiger partial charge in [0.1, 0.15) is 5.58 Å². The van der Waals surface area contributed by atoms with E-state index in [2.05, 4.69) is 0 Å². The Balaban J connectivity index is 1.80. The molecule has 4 rings (SSSR count). The van der Waals surface area contributed by atoms with Crippen molar-refractivity contribution in [2.45, 2.75) is 32.1 Å². The van der Waals surface area contributed by atoms with E-state index in [-0.39, 0.29) is 28.8 Å². The predicted octanol–water partition coefficient (Wildman–Crippen LogP) is 4.54. The van der Waals surface area contributed by atoms with E-state index in [1.807, 2.05) is 0 Å². The van der Waals surface area contributed by atoms with Crippen molar-refractivity contribution in [1.82, 2.24) is 0 Å². The van der Waals surface area contributed by atoms with Crippen LogP contribution in [0.1, 0.15) is 32.1 Å². The maximum atomic E-state index is 12.9. The molecule has 0 aliphatic heterocycles. The van der Waals surface area contributed by atoms with Gasteiger partial charge in [-0.3, -0.25) is 9.59 Å². The number of ether oxygens (including phenoxy) is 1. The summed E-state index contributed by atoms with van der Waals surface area (Å²) < 4.78 is 16.7. The van der Waals surface area contributed by atoms with Crippen LogP contribution in [0.3, 0.4) is 0 Å². The van der Waals surface area contributed by atoms with E-state index >= 15 is 0 Å². The number of esters is 1. The lowest BCUT2D eigenvalue weighted by Crippen LogP contribution is -2.25. The molecule has 25 heavy (non-hydrogen) atoms. The van der Waals surface area contributed by atoms with Crippen LogP contribution >= 0.6 is 0 Å². The van der Waals surface area contributed by atoms with Crippen LogP contribution in [-0.4, -0.2) is 5.97 Å². The van der Waals surface area contributed by atoms with Crippen LogP contribution in [0, 0.1) is 5.92 Å². The van der Waals surface area contributed by atoms with Crippen molar-refractivity contribution >= 4 is 16.9 Å². The fraction of sp³-hybridized carbons (Fsp3) is 0.300. The molecule has 128 valence electrons.